The summed E-state index contributed by atoms with van der Waals surface area (Å²) in [7, 11) is 1.64. The van der Waals surface area contributed by atoms with Crippen molar-refractivity contribution in [1.29, 1.82) is 0 Å². The van der Waals surface area contributed by atoms with Crippen molar-refractivity contribution in [3.63, 3.8) is 0 Å². The van der Waals surface area contributed by atoms with Crippen LogP contribution in [0.4, 0.5) is 5.69 Å². The number of carbonyl (C=O) groups excluding carboxylic acids is 2. The van der Waals surface area contributed by atoms with Gasteiger partial charge in [0.1, 0.15) is 10.8 Å². The number of hydrogen-bond donors (Lipinski definition) is 2. The van der Waals surface area contributed by atoms with Crippen LogP contribution in [0.25, 0.3) is 10.6 Å². The molecule has 0 bridgehead atoms. The molecule has 6 nitrogen and oxygen atoms in total. The highest BCUT2D eigenvalue weighted by Gasteiger charge is 2.14. The van der Waals surface area contributed by atoms with Crippen molar-refractivity contribution in [1.82, 2.24) is 10.3 Å². The summed E-state index contributed by atoms with van der Waals surface area (Å²) >= 11 is 1.59. The Morgan fingerprint density at radius 1 is 1.03 bits per heavy atom. The lowest BCUT2D eigenvalue weighted by molar-refractivity contribution is -0.136. The second-order valence-electron chi connectivity index (χ2n) is 6.77. The summed E-state index contributed by atoms with van der Waals surface area (Å²) in [5.41, 5.74) is 3.73. The average Bonchev–Trinajstić information content (AvgIpc) is 3.14. The Hall–Kier alpha value is -3.19. The summed E-state index contributed by atoms with van der Waals surface area (Å²) in [4.78, 5) is 29.9. The van der Waals surface area contributed by atoms with Crippen LogP contribution in [0.5, 0.6) is 5.75 Å². The Bertz CT molecular complexity index is 1010. The van der Waals surface area contributed by atoms with E-state index in [4.69, 9.17) is 4.74 Å². The van der Waals surface area contributed by atoms with Gasteiger partial charge in [0.2, 0.25) is 0 Å². The molecule has 0 radical (unpaired) electrons. The van der Waals surface area contributed by atoms with Crippen molar-refractivity contribution < 1.29 is 14.3 Å². The first-order valence-corrected chi connectivity index (χ1v) is 10.6. The smallest absolute Gasteiger partial charge is 0.313 e. The number of methoxy groups -OCH3 is 1. The number of aryl methyl sites for hydroxylation is 2. The maximum atomic E-state index is 12.1. The molecule has 0 aliphatic heterocycles. The van der Waals surface area contributed by atoms with E-state index in [0.717, 1.165) is 33.3 Å². The molecule has 0 atom stereocenters. The molecule has 0 saturated carbocycles. The Kier molecular flexibility index (Phi) is 7.19. The van der Waals surface area contributed by atoms with Gasteiger partial charge in [0.25, 0.3) is 0 Å². The molecule has 0 fully saturated rings. The maximum absolute atomic E-state index is 12.1. The number of hydrogen-bond acceptors (Lipinski definition) is 5. The molecule has 0 aliphatic rings. The molecule has 0 spiro atoms. The topological polar surface area (TPSA) is 80.3 Å². The van der Waals surface area contributed by atoms with Gasteiger partial charge in [0.15, 0.2) is 0 Å². The van der Waals surface area contributed by atoms with E-state index in [1.165, 1.54) is 5.56 Å². The second-order valence-corrected chi connectivity index (χ2v) is 7.85. The Balaban J connectivity index is 1.52. The van der Waals surface area contributed by atoms with Gasteiger partial charge < -0.3 is 15.4 Å². The lowest BCUT2D eigenvalue weighted by atomic mass is 10.1. The molecule has 0 unspecified atom stereocenters. The van der Waals surface area contributed by atoms with Crippen LogP contribution in [0.3, 0.4) is 0 Å². The van der Waals surface area contributed by atoms with Crippen LogP contribution in [0, 0.1) is 6.92 Å². The fourth-order valence-electron chi connectivity index (χ4n) is 2.90. The number of benzene rings is 2. The predicted octanol–water partition coefficient (Wildman–Crippen LogP) is 3.99. The summed E-state index contributed by atoms with van der Waals surface area (Å²) in [6, 6.07) is 15.2. The minimum absolute atomic E-state index is 0.367. The molecular formula is C23H25N3O3S. The van der Waals surface area contributed by atoms with Crippen molar-refractivity contribution in [2.75, 3.05) is 19.0 Å². The Morgan fingerprint density at radius 2 is 1.73 bits per heavy atom. The zero-order chi connectivity index (χ0) is 21.5. The summed E-state index contributed by atoms with van der Waals surface area (Å²) in [5.74, 6) is -0.513. The van der Waals surface area contributed by atoms with Crippen LogP contribution in [-0.4, -0.2) is 30.5 Å². The Morgan fingerprint density at radius 3 is 2.37 bits per heavy atom. The summed E-state index contributed by atoms with van der Waals surface area (Å²) < 4.78 is 5.19. The highest BCUT2D eigenvalue weighted by Crippen LogP contribution is 2.29. The first-order valence-electron chi connectivity index (χ1n) is 9.79. The molecule has 7 heteroatoms. The fraction of sp³-hybridized carbons (Fsp3) is 0.261. The number of nitrogens with one attached hydrogen (secondary N) is 2. The number of amides is 2. The fourth-order valence-corrected chi connectivity index (χ4v) is 3.97. The number of aromatic nitrogens is 1. The molecule has 2 N–H and O–H groups in total. The van der Waals surface area contributed by atoms with E-state index in [9.17, 15) is 9.59 Å². The SMILES string of the molecule is CCc1ccc(NC(=O)C(=O)NCCc2sc(-c3ccc(OC)cc3)nc2C)cc1. The van der Waals surface area contributed by atoms with Gasteiger partial charge >= 0.3 is 11.8 Å². The van der Waals surface area contributed by atoms with Crippen LogP contribution >= 0.6 is 11.3 Å². The highest BCUT2D eigenvalue weighted by atomic mass is 32.1. The molecule has 30 heavy (non-hydrogen) atoms. The zero-order valence-corrected chi connectivity index (χ0v) is 18.1. The number of nitrogens with zero attached hydrogens (tertiary/aromatic N) is 1. The summed E-state index contributed by atoms with van der Waals surface area (Å²) in [5, 5.41) is 6.21. The molecule has 156 valence electrons. The number of ether oxygens (including phenoxy) is 1. The normalized spacial score (nSPS) is 10.5. The van der Waals surface area contributed by atoms with Gasteiger partial charge in [0.05, 0.1) is 12.8 Å². The summed E-state index contributed by atoms with van der Waals surface area (Å²) in [6.45, 7) is 4.38. The van der Waals surface area contributed by atoms with Gasteiger partial charge in [-0.25, -0.2) is 4.98 Å². The van der Waals surface area contributed by atoms with E-state index < -0.39 is 11.8 Å². The van der Waals surface area contributed by atoms with Crippen LogP contribution in [-0.2, 0) is 22.4 Å². The van der Waals surface area contributed by atoms with E-state index in [2.05, 4.69) is 22.5 Å². The number of anilines is 1. The largest absolute Gasteiger partial charge is 0.497 e. The summed E-state index contributed by atoms with van der Waals surface area (Å²) in [6.07, 6.45) is 1.54. The minimum atomic E-state index is -0.667. The van der Waals surface area contributed by atoms with Gasteiger partial charge in [-0.05, 0) is 55.3 Å². The molecule has 3 aromatic rings. The minimum Gasteiger partial charge on any atom is -0.497 e. The van der Waals surface area contributed by atoms with Crippen molar-refractivity contribution in [2.24, 2.45) is 0 Å². The molecule has 2 amide bonds. The average molecular weight is 424 g/mol. The molecule has 0 aliphatic carbocycles. The van der Waals surface area contributed by atoms with Crippen LogP contribution in [0.1, 0.15) is 23.1 Å². The van der Waals surface area contributed by atoms with Gasteiger partial charge in [-0.3, -0.25) is 9.59 Å². The van der Waals surface area contributed by atoms with Gasteiger partial charge in [-0.1, -0.05) is 19.1 Å². The van der Waals surface area contributed by atoms with E-state index in [-0.39, 0.29) is 0 Å². The number of carbonyl (C=O) groups is 2. The third-order valence-corrected chi connectivity index (χ3v) is 5.96. The predicted molar refractivity (Wildman–Crippen MR) is 120 cm³/mol. The number of rotatable bonds is 7. The van der Waals surface area contributed by atoms with E-state index in [1.807, 2.05) is 43.3 Å². The van der Waals surface area contributed by atoms with Gasteiger partial charge in [-0.2, -0.15) is 0 Å². The van der Waals surface area contributed by atoms with Crippen molar-refractivity contribution in [3.8, 4) is 16.3 Å². The lowest BCUT2D eigenvalue weighted by Crippen LogP contribution is -2.36. The lowest BCUT2D eigenvalue weighted by Gasteiger charge is -2.07. The number of thiazole rings is 1. The van der Waals surface area contributed by atoms with Crippen molar-refractivity contribution in [3.05, 3.63) is 64.7 Å². The standard InChI is InChI=1S/C23H25N3O3S/c1-4-16-5-9-18(10-6-16)26-22(28)21(27)24-14-13-20-15(2)25-23(30-20)17-7-11-19(29-3)12-8-17/h5-12H,4,13-14H2,1-3H3,(H,24,27)(H,26,28). The van der Waals surface area contributed by atoms with Crippen LogP contribution in [0.2, 0.25) is 0 Å². The molecule has 3 rings (SSSR count). The third kappa shape index (κ3) is 5.45. The van der Waals surface area contributed by atoms with Crippen molar-refractivity contribution in [2.45, 2.75) is 26.7 Å². The van der Waals surface area contributed by atoms with E-state index in [1.54, 1.807) is 30.6 Å². The zero-order valence-electron chi connectivity index (χ0n) is 17.3. The second kappa shape index (κ2) is 10.0. The van der Waals surface area contributed by atoms with Crippen molar-refractivity contribution >= 4 is 28.8 Å². The molecular weight excluding hydrogens is 398 g/mol. The van der Waals surface area contributed by atoms with Crippen LogP contribution < -0.4 is 15.4 Å². The van der Waals surface area contributed by atoms with Crippen LogP contribution in [0.15, 0.2) is 48.5 Å². The monoisotopic (exact) mass is 423 g/mol. The van der Waals surface area contributed by atoms with Gasteiger partial charge in [0, 0.05) is 29.1 Å². The quantitative estimate of drug-likeness (QED) is 0.563. The molecule has 1 heterocycles. The molecule has 1 aromatic heterocycles. The Labute approximate surface area is 180 Å². The van der Waals surface area contributed by atoms with E-state index in [0.29, 0.717) is 18.7 Å². The third-order valence-electron chi connectivity index (χ3n) is 4.69. The highest BCUT2D eigenvalue weighted by molar-refractivity contribution is 7.15. The molecule has 2 aromatic carbocycles. The van der Waals surface area contributed by atoms with Gasteiger partial charge in [-0.15, -0.1) is 11.3 Å². The maximum Gasteiger partial charge on any atom is 0.313 e. The first kappa shape index (κ1) is 21.5. The molecule has 0 saturated heterocycles. The first-order chi connectivity index (χ1) is 14.5. The van der Waals surface area contributed by atoms with E-state index >= 15 is 0 Å².